The fraction of sp³-hybridized carbons (Fsp3) is 0.0833. The number of hydrogen-bond donors (Lipinski definition) is 1. The molecule has 0 fully saturated rings. The van der Waals surface area contributed by atoms with Crippen molar-refractivity contribution in [3.8, 4) is 22.5 Å². The number of halogens is 3. The van der Waals surface area contributed by atoms with Crippen LogP contribution in [-0.4, -0.2) is 15.3 Å². The molecule has 0 bridgehead atoms. The predicted octanol–water partition coefficient (Wildman–Crippen LogP) is 2.70. The molecule has 0 aliphatic carbocycles. The van der Waals surface area contributed by atoms with Crippen LogP contribution in [0.4, 0.5) is 13.2 Å². The van der Waals surface area contributed by atoms with Crippen LogP contribution in [0.15, 0.2) is 44.4 Å². The smallest absolute Gasteiger partial charge is 0.386 e. The second-order valence-corrected chi connectivity index (χ2v) is 4.08. The molecule has 6 nitrogen and oxygen atoms in total. The molecule has 0 aliphatic heterocycles. The molecule has 0 saturated heterocycles. The monoisotopic (exact) mass is 297 g/mol. The number of hydrogen-bond acceptors (Lipinski definition) is 5. The van der Waals surface area contributed by atoms with E-state index >= 15 is 0 Å². The van der Waals surface area contributed by atoms with Gasteiger partial charge in [0.15, 0.2) is 0 Å². The van der Waals surface area contributed by atoms with Gasteiger partial charge in [-0.2, -0.15) is 23.3 Å². The molecule has 2 aromatic heterocycles. The van der Waals surface area contributed by atoms with Crippen LogP contribution in [0, 0.1) is 0 Å². The molecule has 0 unspecified atom stereocenters. The van der Waals surface area contributed by atoms with Crippen molar-refractivity contribution in [2.45, 2.75) is 6.18 Å². The van der Waals surface area contributed by atoms with E-state index in [0.29, 0.717) is 16.7 Å². The number of nitrogens with zero attached hydrogens (tertiary/aromatic N) is 2. The lowest BCUT2D eigenvalue weighted by Crippen LogP contribution is -2.04. The van der Waals surface area contributed by atoms with Crippen LogP contribution in [0.25, 0.3) is 22.5 Å². The van der Waals surface area contributed by atoms with E-state index in [2.05, 4.69) is 24.3 Å². The van der Waals surface area contributed by atoms with Crippen molar-refractivity contribution in [3.05, 3.63) is 46.8 Å². The average molecular weight is 297 g/mol. The number of nitrogens with one attached hydrogen (secondary N) is 1. The summed E-state index contributed by atoms with van der Waals surface area (Å²) >= 11 is 0. The van der Waals surface area contributed by atoms with Crippen LogP contribution in [0.3, 0.4) is 0 Å². The molecule has 9 heteroatoms. The highest BCUT2D eigenvalue weighted by Crippen LogP contribution is 2.29. The van der Waals surface area contributed by atoms with Crippen LogP contribution < -0.4 is 5.56 Å². The Morgan fingerprint density at radius 2 is 1.76 bits per heavy atom. The van der Waals surface area contributed by atoms with E-state index in [1.807, 2.05) is 0 Å². The molecular weight excluding hydrogens is 291 g/mol. The maximum absolute atomic E-state index is 12.4. The zero-order valence-electron chi connectivity index (χ0n) is 10.1. The van der Waals surface area contributed by atoms with Crippen LogP contribution in [0.1, 0.15) is 5.89 Å². The molecular formula is C12H6F3N3O3. The molecule has 0 saturated carbocycles. The van der Waals surface area contributed by atoms with Crippen molar-refractivity contribution < 1.29 is 22.2 Å². The van der Waals surface area contributed by atoms with Gasteiger partial charge in [0.1, 0.15) is 6.26 Å². The van der Waals surface area contributed by atoms with Crippen molar-refractivity contribution in [2.75, 3.05) is 0 Å². The molecule has 1 N–H and O–H groups in total. The Morgan fingerprint density at radius 1 is 1.10 bits per heavy atom. The molecule has 1 aromatic carbocycles. The molecule has 108 valence electrons. The number of alkyl halides is 3. The first-order valence-corrected chi connectivity index (χ1v) is 5.63. The van der Waals surface area contributed by atoms with Gasteiger partial charge in [-0.1, -0.05) is 29.4 Å². The summed E-state index contributed by atoms with van der Waals surface area (Å²) in [6, 6.07) is 6.04. The van der Waals surface area contributed by atoms with Crippen LogP contribution in [-0.2, 0) is 6.18 Å². The van der Waals surface area contributed by atoms with Gasteiger partial charge < -0.3 is 9.05 Å². The normalized spacial score (nSPS) is 11.8. The van der Waals surface area contributed by atoms with Gasteiger partial charge in [0.2, 0.25) is 5.82 Å². The lowest BCUT2D eigenvalue weighted by molar-refractivity contribution is -0.159. The van der Waals surface area contributed by atoms with E-state index in [4.69, 9.17) is 0 Å². The highest BCUT2D eigenvalue weighted by atomic mass is 19.4. The Hall–Kier alpha value is -2.84. The quantitative estimate of drug-likeness (QED) is 0.786. The van der Waals surface area contributed by atoms with Gasteiger partial charge in [0.05, 0.1) is 5.56 Å². The Labute approximate surface area is 114 Å². The first-order chi connectivity index (χ1) is 9.95. The highest BCUT2D eigenvalue weighted by molar-refractivity contribution is 5.66. The van der Waals surface area contributed by atoms with Gasteiger partial charge in [-0.05, 0) is 5.56 Å². The Balaban J connectivity index is 1.93. The molecule has 3 aromatic rings. The third-order valence-electron chi connectivity index (χ3n) is 2.70. The minimum absolute atomic E-state index is 0.185. The van der Waals surface area contributed by atoms with Crippen molar-refractivity contribution >= 4 is 0 Å². The maximum atomic E-state index is 12.4. The van der Waals surface area contributed by atoms with Crippen molar-refractivity contribution in [3.63, 3.8) is 0 Å². The standard InChI is InChI=1S/C12H6F3N3O3/c13-12(14,15)11-16-9(17-21-11)7-3-1-6(2-4-7)8-5-20-18-10(8)19/h1-5H,(H,18,19). The molecule has 2 heterocycles. The van der Waals surface area contributed by atoms with Gasteiger partial charge in [0, 0.05) is 5.56 Å². The number of benzene rings is 1. The minimum Gasteiger partial charge on any atom is -0.386 e. The summed E-state index contributed by atoms with van der Waals surface area (Å²) in [4.78, 5) is 14.6. The molecule has 0 amide bonds. The van der Waals surface area contributed by atoms with Gasteiger partial charge in [0.25, 0.3) is 5.56 Å². The number of aromatic amines is 1. The second kappa shape index (κ2) is 4.62. The molecule has 21 heavy (non-hydrogen) atoms. The minimum atomic E-state index is -4.69. The average Bonchev–Trinajstić information content (AvgIpc) is 3.07. The summed E-state index contributed by atoms with van der Waals surface area (Å²) in [6.07, 6.45) is -3.44. The SMILES string of the molecule is O=c1[nH]occ1-c1ccc(-c2noc(C(F)(F)F)n2)cc1. The molecule has 0 aliphatic rings. The van der Waals surface area contributed by atoms with E-state index in [-0.39, 0.29) is 5.82 Å². The third-order valence-corrected chi connectivity index (χ3v) is 2.70. The van der Waals surface area contributed by atoms with E-state index in [0.717, 1.165) is 0 Å². The van der Waals surface area contributed by atoms with Crippen molar-refractivity contribution in [1.82, 2.24) is 15.3 Å². The van der Waals surface area contributed by atoms with E-state index < -0.39 is 17.6 Å². The van der Waals surface area contributed by atoms with Gasteiger partial charge >= 0.3 is 12.1 Å². The molecule has 0 radical (unpaired) electrons. The summed E-state index contributed by atoms with van der Waals surface area (Å²) in [5, 5.41) is 5.41. The first-order valence-electron chi connectivity index (χ1n) is 5.63. The van der Waals surface area contributed by atoms with Crippen LogP contribution in [0.2, 0.25) is 0 Å². The largest absolute Gasteiger partial charge is 0.471 e. The highest BCUT2D eigenvalue weighted by Gasteiger charge is 2.38. The molecule has 3 rings (SSSR count). The van der Waals surface area contributed by atoms with Crippen molar-refractivity contribution in [2.24, 2.45) is 0 Å². The number of H-pyrrole nitrogens is 1. The zero-order valence-corrected chi connectivity index (χ0v) is 10.1. The Bertz CT molecular complexity index is 814. The maximum Gasteiger partial charge on any atom is 0.471 e. The first kappa shape index (κ1) is 13.2. The second-order valence-electron chi connectivity index (χ2n) is 4.08. The van der Waals surface area contributed by atoms with E-state index in [9.17, 15) is 18.0 Å². The Morgan fingerprint density at radius 3 is 2.29 bits per heavy atom. The summed E-state index contributed by atoms with van der Waals surface area (Å²) in [5.74, 6) is -1.59. The number of aromatic nitrogens is 3. The number of rotatable bonds is 2. The lowest BCUT2D eigenvalue weighted by Gasteiger charge is -1.98. The van der Waals surface area contributed by atoms with Gasteiger partial charge in [-0.15, -0.1) is 0 Å². The topological polar surface area (TPSA) is 84.9 Å². The summed E-state index contributed by atoms with van der Waals surface area (Å²) in [5.41, 5.74) is 0.790. The fourth-order valence-electron chi connectivity index (χ4n) is 1.70. The summed E-state index contributed by atoms with van der Waals surface area (Å²) in [6.45, 7) is 0. The molecule has 0 atom stereocenters. The lowest BCUT2D eigenvalue weighted by atomic mass is 10.1. The van der Waals surface area contributed by atoms with Gasteiger partial charge in [-0.3, -0.25) is 4.79 Å². The van der Waals surface area contributed by atoms with E-state index in [1.54, 1.807) is 12.1 Å². The van der Waals surface area contributed by atoms with Crippen molar-refractivity contribution in [1.29, 1.82) is 0 Å². The van der Waals surface area contributed by atoms with Gasteiger partial charge in [-0.25, -0.2) is 0 Å². The van der Waals surface area contributed by atoms with Crippen LogP contribution in [0.5, 0.6) is 0 Å². The zero-order chi connectivity index (χ0) is 15.0. The molecule has 0 spiro atoms. The summed E-state index contributed by atoms with van der Waals surface area (Å²) < 4.78 is 45.9. The fourth-order valence-corrected chi connectivity index (χ4v) is 1.70. The van der Waals surface area contributed by atoms with E-state index in [1.165, 1.54) is 18.4 Å². The predicted molar refractivity (Wildman–Crippen MR) is 63.1 cm³/mol. The third kappa shape index (κ3) is 2.45. The summed E-state index contributed by atoms with van der Waals surface area (Å²) in [7, 11) is 0. The Kier molecular flexibility index (Phi) is 2.89. The van der Waals surface area contributed by atoms with Crippen LogP contribution >= 0.6 is 0 Å².